The molecule has 2 aromatic heterocycles. The van der Waals surface area contributed by atoms with Crippen molar-refractivity contribution in [3.8, 4) is 0 Å². The molecule has 3 aromatic rings. The molecule has 3 amide bonds. The number of amides is 3. The second-order valence-corrected chi connectivity index (χ2v) is 8.55. The Morgan fingerprint density at radius 2 is 1.94 bits per heavy atom. The van der Waals surface area contributed by atoms with E-state index in [4.69, 9.17) is 4.52 Å². The number of nitrogens with one attached hydrogen (secondary N) is 1. The first-order valence-corrected chi connectivity index (χ1v) is 10.8. The van der Waals surface area contributed by atoms with E-state index in [2.05, 4.69) is 15.5 Å². The van der Waals surface area contributed by atoms with E-state index in [0.29, 0.717) is 45.8 Å². The standard InChI is InChI=1S/C21H20F3N5O3S/c1-12-9-16(27-32-12)10-25-18(30)17-13(2)26-19(33-17)29-8-7-28(20(29)31)11-14-3-5-15(6-4-14)21(22,23)24/h3-6,9H,7-8,10-11H2,1-2H3,(H,25,30). The van der Waals surface area contributed by atoms with Crippen molar-refractivity contribution in [1.29, 1.82) is 0 Å². The van der Waals surface area contributed by atoms with E-state index in [-0.39, 0.29) is 25.0 Å². The molecular formula is C21H20F3N5O3S. The van der Waals surface area contributed by atoms with Gasteiger partial charge >= 0.3 is 12.2 Å². The van der Waals surface area contributed by atoms with Crippen LogP contribution in [0.4, 0.5) is 23.1 Å². The summed E-state index contributed by atoms with van der Waals surface area (Å²) in [5.74, 6) is 0.314. The molecule has 3 heterocycles. The van der Waals surface area contributed by atoms with Crippen molar-refractivity contribution < 1.29 is 27.3 Å². The van der Waals surface area contributed by atoms with Crippen LogP contribution >= 0.6 is 11.3 Å². The minimum atomic E-state index is -4.40. The van der Waals surface area contributed by atoms with Crippen molar-refractivity contribution in [2.45, 2.75) is 33.1 Å². The fourth-order valence-corrected chi connectivity index (χ4v) is 4.39. The predicted molar refractivity (Wildman–Crippen MR) is 114 cm³/mol. The van der Waals surface area contributed by atoms with Gasteiger partial charge in [-0.05, 0) is 31.5 Å². The number of aromatic nitrogens is 2. The normalized spacial score (nSPS) is 14.3. The van der Waals surface area contributed by atoms with E-state index in [0.717, 1.165) is 23.5 Å². The first-order chi connectivity index (χ1) is 15.6. The first kappa shape index (κ1) is 22.8. The molecule has 0 saturated carbocycles. The lowest BCUT2D eigenvalue weighted by Gasteiger charge is -2.17. The largest absolute Gasteiger partial charge is 0.416 e. The number of thiazole rings is 1. The SMILES string of the molecule is Cc1cc(CNC(=O)c2sc(N3CCN(Cc4ccc(C(F)(F)F)cc4)C3=O)nc2C)no1. The molecule has 1 saturated heterocycles. The molecule has 174 valence electrons. The zero-order chi connectivity index (χ0) is 23.8. The van der Waals surface area contributed by atoms with Gasteiger partial charge in [-0.3, -0.25) is 9.69 Å². The van der Waals surface area contributed by atoms with Gasteiger partial charge in [-0.25, -0.2) is 9.78 Å². The number of benzene rings is 1. The molecule has 1 N–H and O–H groups in total. The summed E-state index contributed by atoms with van der Waals surface area (Å²) in [6.07, 6.45) is -4.40. The van der Waals surface area contributed by atoms with E-state index in [1.165, 1.54) is 21.9 Å². The molecule has 33 heavy (non-hydrogen) atoms. The number of anilines is 1. The number of carbonyl (C=O) groups excluding carboxylic acids is 2. The van der Waals surface area contributed by atoms with Crippen LogP contribution in [0.3, 0.4) is 0 Å². The first-order valence-electron chi connectivity index (χ1n) is 10.0. The monoisotopic (exact) mass is 479 g/mol. The Morgan fingerprint density at radius 3 is 2.58 bits per heavy atom. The summed E-state index contributed by atoms with van der Waals surface area (Å²) in [5.41, 5.74) is 0.953. The van der Waals surface area contributed by atoms with Gasteiger partial charge in [0.15, 0.2) is 5.13 Å². The summed E-state index contributed by atoms with van der Waals surface area (Å²) in [6, 6.07) is 6.15. The predicted octanol–water partition coefficient (Wildman–Crippen LogP) is 4.14. The average molecular weight is 479 g/mol. The van der Waals surface area contributed by atoms with Gasteiger partial charge in [-0.1, -0.05) is 28.6 Å². The third-order valence-corrected chi connectivity index (χ3v) is 6.26. The quantitative estimate of drug-likeness (QED) is 0.574. The number of carbonyl (C=O) groups is 2. The van der Waals surface area contributed by atoms with E-state index >= 15 is 0 Å². The maximum Gasteiger partial charge on any atom is 0.416 e. The van der Waals surface area contributed by atoms with Crippen LogP contribution in [0, 0.1) is 13.8 Å². The van der Waals surface area contributed by atoms with Gasteiger partial charge in [0.2, 0.25) is 0 Å². The van der Waals surface area contributed by atoms with Gasteiger partial charge in [-0.2, -0.15) is 13.2 Å². The van der Waals surface area contributed by atoms with Crippen LogP contribution in [0.5, 0.6) is 0 Å². The average Bonchev–Trinajstić information content (AvgIpc) is 3.45. The van der Waals surface area contributed by atoms with Crippen molar-refractivity contribution in [1.82, 2.24) is 20.4 Å². The number of alkyl halides is 3. The topological polar surface area (TPSA) is 91.6 Å². The smallest absolute Gasteiger partial charge is 0.361 e. The van der Waals surface area contributed by atoms with Crippen molar-refractivity contribution in [3.05, 3.63) is 63.5 Å². The summed E-state index contributed by atoms with van der Waals surface area (Å²) < 4.78 is 43.2. The fraction of sp³-hybridized carbons (Fsp3) is 0.333. The van der Waals surface area contributed by atoms with Gasteiger partial charge in [0, 0.05) is 25.7 Å². The van der Waals surface area contributed by atoms with Gasteiger partial charge in [0.05, 0.1) is 17.8 Å². The zero-order valence-electron chi connectivity index (χ0n) is 17.8. The molecule has 0 unspecified atom stereocenters. The molecule has 12 heteroatoms. The minimum Gasteiger partial charge on any atom is -0.361 e. The lowest BCUT2D eigenvalue weighted by atomic mass is 10.1. The fourth-order valence-electron chi connectivity index (χ4n) is 3.39. The summed E-state index contributed by atoms with van der Waals surface area (Å²) in [4.78, 5) is 33.2. The molecule has 0 bridgehead atoms. The van der Waals surface area contributed by atoms with E-state index in [1.807, 2.05) is 0 Å². The van der Waals surface area contributed by atoms with Gasteiger partial charge in [0.25, 0.3) is 5.91 Å². The highest BCUT2D eigenvalue weighted by Gasteiger charge is 2.33. The van der Waals surface area contributed by atoms with Gasteiger partial charge in [0.1, 0.15) is 16.3 Å². The number of halogens is 3. The van der Waals surface area contributed by atoms with Crippen LogP contribution in [-0.4, -0.2) is 40.1 Å². The van der Waals surface area contributed by atoms with Crippen LogP contribution in [0.25, 0.3) is 0 Å². The van der Waals surface area contributed by atoms with Crippen molar-refractivity contribution >= 4 is 28.4 Å². The van der Waals surface area contributed by atoms with Gasteiger partial charge in [-0.15, -0.1) is 0 Å². The number of nitrogens with zero attached hydrogens (tertiary/aromatic N) is 4. The number of aryl methyl sites for hydroxylation is 2. The Bertz CT molecular complexity index is 1170. The highest BCUT2D eigenvalue weighted by Crippen LogP contribution is 2.31. The highest BCUT2D eigenvalue weighted by atomic mass is 32.1. The second-order valence-electron chi connectivity index (χ2n) is 7.57. The van der Waals surface area contributed by atoms with Crippen LogP contribution < -0.4 is 10.2 Å². The molecule has 1 aliphatic heterocycles. The number of urea groups is 1. The number of hydrogen-bond acceptors (Lipinski definition) is 6. The Kier molecular flexibility index (Phi) is 6.11. The minimum absolute atomic E-state index is 0.183. The lowest BCUT2D eigenvalue weighted by Crippen LogP contribution is -2.31. The summed E-state index contributed by atoms with van der Waals surface area (Å²) in [6.45, 7) is 4.59. The van der Waals surface area contributed by atoms with Crippen LogP contribution in [0.15, 0.2) is 34.9 Å². The number of hydrogen-bond donors (Lipinski definition) is 1. The Hall–Kier alpha value is -3.41. The van der Waals surface area contributed by atoms with Crippen LogP contribution in [0.1, 0.15) is 37.9 Å². The van der Waals surface area contributed by atoms with Crippen molar-refractivity contribution in [2.24, 2.45) is 0 Å². The molecule has 1 aliphatic rings. The van der Waals surface area contributed by atoms with Crippen molar-refractivity contribution in [3.63, 3.8) is 0 Å². The molecular weight excluding hydrogens is 459 g/mol. The van der Waals surface area contributed by atoms with Gasteiger partial charge < -0.3 is 14.7 Å². The van der Waals surface area contributed by atoms with Crippen LogP contribution in [-0.2, 0) is 19.3 Å². The van der Waals surface area contributed by atoms with E-state index in [1.54, 1.807) is 19.9 Å². The molecule has 8 nitrogen and oxygen atoms in total. The Labute approximate surface area is 191 Å². The van der Waals surface area contributed by atoms with Crippen LogP contribution in [0.2, 0.25) is 0 Å². The molecule has 0 atom stereocenters. The third kappa shape index (κ3) is 5.00. The Balaban J connectivity index is 1.39. The molecule has 1 fully saturated rings. The molecule has 1 aromatic carbocycles. The molecule has 0 aliphatic carbocycles. The highest BCUT2D eigenvalue weighted by molar-refractivity contribution is 7.17. The summed E-state index contributed by atoms with van der Waals surface area (Å²) in [7, 11) is 0. The third-order valence-electron chi connectivity index (χ3n) is 5.08. The second kappa shape index (κ2) is 8.85. The zero-order valence-corrected chi connectivity index (χ0v) is 18.6. The summed E-state index contributed by atoms with van der Waals surface area (Å²) in [5, 5.41) is 6.98. The maximum absolute atomic E-state index is 12.9. The molecule has 4 rings (SSSR count). The summed E-state index contributed by atoms with van der Waals surface area (Å²) >= 11 is 1.11. The lowest BCUT2D eigenvalue weighted by molar-refractivity contribution is -0.137. The van der Waals surface area contributed by atoms with E-state index in [9.17, 15) is 22.8 Å². The molecule has 0 radical (unpaired) electrons. The maximum atomic E-state index is 12.9. The van der Waals surface area contributed by atoms with E-state index < -0.39 is 11.7 Å². The molecule has 0 spiro atoms. The Morgan fingerprint density at radius 1 is 1.21 bits per heavy atom. The number of rotatable bonds is 6. The van der Waals surface area contributed by atoms with Crippen molar-refractivity contribution in [2.75, 3.05) is 18.0 Å².